The fraction of sp³-hybridized carbons (Fsp3) is 0.750. The molecule has 0 saturated heterocycles. The molecule has 1 aliphatic rings. The summed E-state index contributed by atoms with van der Waals surface area (Å²) in [6, 6.07) is 2.72. The molecule has 0 aromatic carbocycles. The van der Waals surface area contributed by atoms with Gasteiger partial charge in [0, 0.05) is 6.04 Å². The normalized spacial score (nSPS) is 18.9. The average Bonchev–Trinajstić information content (AvgIpc) is 2.17. The molecular formula is C12H20N2. The lowest BCUT2D eigenvalue weighted by Gasteiger charge is -2.18. The van der Waals surface area contributed by atoms with Gasteiger partial charge in [-0.25, -0.2) is 0 Å². The van der Waals surface area contributed by atoms with Gasteiger partial charge >= 0.3 is 0 Å². The second-order valence-electron chi connectivity index (χ2n) is 4.32. The molecule has 2 heteroatoms. The van der Waals surface area contributed by atoms with E-state index in [4.69, 9.17) is 5.26 Å². The van der Waals surface area contributed by atoms with Crippen LogP contribution in [0.2, 0.25) is 0 Å². The summed E-state index contributed by atoms with van der Waals surface area (Å²) in [5, 5.41) is 12.2. The zero-order chi connectivity index (χ0) is 10.4. The first-order chi connectivity index (χ1) is 6.72. The lowest BCUT2D eigenvalue weighted by atomic mass is 9.94. The van der Waals surface area contributed by atoms with Crippen LogP contribution in [0.1, 0.15) is 46.0 Å². The number of allylic oxidation sites excluding steroid dienone is 1. The van der Waals surface area contributed by atoms with E-state index in [1.807, 2.05) is 0 Å². The van der Waals surface area contributed by atoms with Crippen molar-refractivity contribution in [2.24, 2.45) is 0 Å². The van der Waals surface area contributed by atoms with E-state index < -0.39 is 0 Å². The van der Waals surface area contributed by atoms with Crippen LogP contribution < -0.4 is 5.32 Å². The SMILES string of the molecule is CC(C)NC(C#N)CC1=CCCCC1. The molecular weight excluding hydrogens is 172 g/mol. The molecule has 0 radical (unpaired) electrons. The van der Waals surface area contributed by atoms with Crippen molar-refractivity contribution < 1.29 is 0 Å². The van der Waals surface area contributed by atoms with Gasteiger partial charge < -0.3 is 0 Å². The first kappa shape index (κ1) is 11.3. The van der Waals surface area contributed by atoms with E-state index in [0.29, 0.717) is 6.04 Å². The van der Waals surface area contributed by atoms with Gasteiger partial charge in [-0.1, -0.05) is 11.6 Å². The van der Waals surface area contributed by atoms with Gasteiger partial charge in [-0.2, -0.15) is 5.26 Å². The Morgan fingerprint density at radius 3 is 2.79 bits per heavy atom. The van der Waals surface area contributed by atoms with Crippen LogP contribution in [0.4, 0.5) is 0 Å². The van der Waals surface area contributed by atoms with E-state index in [0.717, 1.165) is 6.42 Å². The standard InChI is InChI=1S/C12H20N2/c1-10(2)14-12(9-13)8-11-6-4-3-5-7-11/h6,10,12,14H,3-5,7-8H2,1-2H3. The zero-order valence-electron chi connectivity index (χ0n) is 9.21. The Bertz CT molecular complexity index is 235. The third-order valence-electron chi connectivity index (χ3n) is 2.54. The molecule has 2 nitrogen and oxygen atoms in total. The van der Waals surface area contributed by atoms with Gasteiger partial charge in [0.05, 0.1) is 12.1 Å². The van der Waals surface area contributed by atoms with Crippen LogP contribution in [0, 0.1) is 11.3 Å². The number of nitriles is 1. The van der Waals surface area contributed by atoms with Gasteiger partial charge in [-0.15, -0.1) is 0 Å². The Labute approximate surface area is 87.0 Å². The van der Waals surface area contributed by atoms with Gasteiger partial charge in [0.25, 0.3) is 0 Å². The molecule has 0 aromatic heterocycles. The number of nitrogens with one attached hydrogen (secondary N) is 1. The van der Waals surface area contributed by atoms with Crippen LogP contribution in [-0.4, -0.2) is 12.1 Å². The number of rotatable bonds is 4. The van der Waals surface area contributed by atoms with Crippen LogP contribution in [0.15, 0.2) is 11.6 Å². The highest BCUT2D eigenvalue weighted by molar-refractivity contribution is 5.10. The Morgan fingerprint density at radius 2 is 2.29 bits per heavy atom. The predicted molar refractivity (Wildman–Crippen MR) is 58.8 cm³/mol. The monoisotopic (exact) mass is 192 g/mol. The Balaban J connectivity index is 2.40. The van der Waals surface area contributed by atoms with E-state index in [9.17, 15) is 0 Å². The third-order valence-corrected chi connectivity index (χ3v) is 2.54. The molecule has 0 saturated carbocycles. The highest BCUT2D eigenvalue weighted by atomic mass is 14.9. The molecule has 0 spiro atoms. The van der Waals surface area contributed by atoms with Crippen LogP contribution in [0.5, 0.6) is 0 Å². The first-order valence-corrected chi connectivity index (χ1v) is 5.56. The van der Waals surface area contributed by atoms with Crippen molar-refractivity contribution in [1.29, 1.82) is 5.26 Å². The van der Waals surface area contributed by atoms with Gasteiger partial charge in [-0.3, -0.25) is 5.32 Å². The highest BCUT2D eigenvalue weighted by Gasteiger charge is 2.12. The van der Waals surface area contributed by atoms with Crippen LogP contribution in [0.3, 0.4) is 0 Å². The molecule has 1 unspecified atom stereocenters. The quantitative estimate of drug-likeness (QED) is 0.695. The Hall–Kier alpha value is -0.810. The van der Waals surface area contributed by atoms with E-state index in [1.54, 1.807) is 0 Å². The Kier molecular flexibility index (Phi) is 4.69. The molecule has 0 amide bonds. The fourth-order valence-electron chi connectivity index (χ4n) is 1.90. The summed E-state index contributed by atoms with van der Waals surface area (Å²) in [5.74, 6) is 0. The summed E-state index contributed by atoms with van der Waals surface area (Å²) in [7, 11) is 0. The van der Waals surface area contributed by atoms with E-state index in [1.165, 1.54) is 31.3 Å². The minimum absolute atomic E-state index is 0.000602. The lowest BCUT2D eigenvalue weighted by molar-refractivity contribution is 0.515. The maximum atomic E-state index is 8.97. The fourth-order valence-corrected chi connectivity index (χ4v) is 1.90. The van der Waals surface area contributed by atoms with Crippen LogP contribution in [0.25, 0.3) is 0 Å². The molecule has 0 heterocycles. The molecule has 0 bridgehead atoms. The van der Waals surface area contributed by atoms with Crippen molar-refractivity contribution in [3.63, 3.8) is 0 Å². The van der Waals surface area contributed by atoms with Gasteiger partial charge in [0.1, 0.15) is 0 Å². The van der Waals surface area contributed by atoms with Gasteiger partial charge in [0.2, 0.25) is 0 Å². The average molecular weight is 192 g/mol. The van der Waals surface area contributed by atoms with Crippen molar-refractivity contribution in [2.75, 3.05) is 0 Å². The van der Waals surface area contributed by atoms with E-state index >= 15 is 0 Å². The summed E-state index contributed by atoms with van der Waals surface area (Å²) in [6.45, 7) is 4.17. The molecule has 0 aliphatic heterocycles. The summed E-state index contributed by atoms with van der Waals surface area (Å²) >= 11 is 0. The van der Waals surface area contributed by atoms with Crippen LogP contribution in [-0.2, 0) is 0 Å². The van der Waals surface area contributed by atoms with E-state index in [-0.39, 0.29) is 6.04 Å². The number of hydrogen-bond acceptors (Lipinski definition) is 2. The second kappa shape index (κ2) is 5.82. The minimum atomic E-state index is -0.000602. The second-order valence-corrected chi connectivity index (χ2v) is 4.32. The molecule has 78 valence electrons. The summed E-state index contributed by atoms with van der Waals surface area (Å²) < 4.78 is 0. The van der Waals surface area contributed by atoms with Crippen LogP contribution >= 0.6 is 0 Å². The van der Waals surface area contributed by atoms with E-state index in [2.05, 4.69) is 31.3 Å². The maximum Gasteiger partial charge on any atom is 0.0992 e. The molecule has 1 aliphatic carbocycles. The summed E-state index contributed by atoms with van der Waals surface area (Å²) in [6.07, 6.45) is 8.24. The zero-order valence-corrected chi connectivity index (χ0v) is 9.21. The lowest BCUT2D eigenvalue weighted by Crippen LogP contribution is -2.34. The largest absolute Gasteiger partial charge is 0.299 e. The molecule has 1 atom stereocenters. The van der Waals surface area contributed by atoms with Crippen molar-refractivity contribution >= 4 is 0 Å². The highest BCUT2D eigenvalue weighted by Crippen LogP contribution is 2.21. The number of hydrogen-bond donors (Lipinski definition) is 1. The molecule has 1 N–H and O–H groups in total. The molecule has 14 heavy (non-hydrogen) atoms. The minimum Gasteiger partial charge on any atom is -0.299 e. The predicted octanol–water partition coefficient (Wildman–Crippen LogP) is 2.77. The molecule has 1 rings (SSSR count). The summed E-state index contributed by atoms with van der Waals surface area (Å²) in [4.78, 5) is 0. The van der Waals surface area contributed by atoms with Gasteiger partial charge in [-0.05, 0) is 46.0 Å². The molecule has 0 aromatic rings. The van der Waals surface area contributed by atoms with Crippen molar-refractivity contribution in [3.8, 4) is 6.07 Å². The maximum absolute atomic E-state index is 8.97. The smallest absolute Gasteiger partial charge is 0.0992 e. The van der Waals surface area contributed by atoms with Crippen molar-refractivity contribution in [2.45, 2.75) is 58.0 Å². The summed E-state index contributed by atoms with van der Waals surface area (Å²) in [5.41, 5.74) is 1.47. The molecule has 0 fully saturated rings. The number of nitrogens with zero attached hydrogens (tertiary/aromatic N) is 1. The Morgan fingerprint density at radius 1 is 1.50 bits per heavy atom. The van der Waals surface area contributed by atoms with Crippen molar-refractivity contribution in [1.82, 2.24) is 5.32 Å². The first-order valence-electron chi connectivity index (χ1n) is 5.56. The van der Waals surface area contributed by atoms with Gasteiger partial charge in [0.15, 0.2) is 0 Å². The van der Waals surface area contributed by atoms with Crippen molar-refractivity contribution in [3.05, 3.63) is 11.6 Å². The third kappa shape index (κ3) is 3.93. The topological polar surface area (TPSA) is 35.8 Å².